The quantitative estimate of drug-likeness (QED) is 0.353. The minimum absolute atomic E-state index is 0.0851. The average Bonchev–Trinajstić information content (AvgIpc) is 3.08. The van der Waals surface area contributed by atoms with Crippen molar-refractivity contribution in [1.29, 1.82) is 5.26 Å². The first-order valence-electron chi connectivity index (χ1n) is 7.70. The van der Waals surface area contributed by atoms with Crippen LogP contribution in [0.25, 0.3) is 17.4 Å². The Morgan fingerprint density at radius 1 is 1.15 bits per heavy atom. The summed E-state index contributed by atoms with van der Waals surface area (Å²) in [6, 6.07) is 17.4. The number of rotatable bonds is 4. The predicted molar refractivity (Wildman–Crippen MR) is 111 cm³/mol. The first kappa shape index (κ1) is 19.2. The van der Waals surface area contributed by atoms with Crippen molar-refractivity contribution in [2.45, 2.75) is 0 Å². The van der Waals surface area contributed by atoms with E-state index in [4.69, 9.17) is 27.6 Å². The Bertz CT molecular complexity index is 1080. The van der Waals surface area contributed by atoms with Crippen LogP contribution in [-0.4, -0.2) is 5.91 Å². The van der Waals surface area contributed by atoms with Crippen LogP contribution in [0, 0.1) is 11.3 Å². The molecule has 1 amide bonds. The second-order valence-corrected chi connectivity index (χ2v) is 7.22. The molecule has 134 valence electrons. The highest BCUT2D eigenvalue weighted by Gasteiger charge is 2.13. The first-order valence-corrected chi connectivity index (χ1v) is 9.25. The molecule has 1 N–H and O–H groups in total. The molecule has 2 aromatic carbocycles. The third-order valence-corrected chi connectivity index (χ3v) is 4.60. The Balaban J connectivity index is 1.83. The summed E-state index contributed by atoms with van der Waals surface area (Å²) in [7, 11) is 0. The third-order valence-electron chi connectivity index (χ3n) is 3.56. The second kappa shape index (κ2) is 8.45. The second-order valence-electron chi connectivity index (χ2n) is 5.46. The van der Waals surface area contributed by atoms with Crippen LogP contribution in [0.15, 0.2) is 69.1 Å². The molecular weight excluding hydrogens is 451 g/mol. The molecule has 4 nitrogen and oxygen atoms in total. The van der Waals surface area contributed by atoms with Crippen LogP contribution < -0.4 is 5.32 Å². The van der Waals surface area contributed by atoms with Gasteiger partial charge >= 0.3 is 0 Å². The van der Waals surface area contributed by atoms with Crippen LogP contribution in [-0.2, 0) is 4.79 Å². The van der Waals surface area contributed by atoms with Crippen LogP contribution in [0.4, 0.5) is 5.69 Å². The molecule has 0 atom stereocenters. The Morgan fingerprint density at radius 3 is 2.67 bits per heavy atom. The number of carbonyl (C=O) groups is 1. The summed E-state index contributed by atoms with van der Waals surface area (Å²) in [6.07, 6.45) is 1.38. The molecule has 0 saturated carbocycles. The van der Waals surface area contributed by atoms with E-state index in [2.05, 4.69) is 21.2 Å². The van der Waals surface area contributed by atoms with Gasteiger partial charge in [-0.1, -0.05) is 45.2 Å². The molecule has 3 aromatic rings. The fourth-order valence-corrected chi connectivity index (χ4v) is 3.22. The van der Waals surface area contributed by atoms with Crippen molar-refractivity contribution in [3.63, 3.8) is 0 Å². The van der Waals surface area contributed by atoms with E-state index in [1.165, 1.54) is 6.08 Å². The highest BCUT2D eigenvalue weighted by atomic mass is 79.9. The molecular formula is C20H11BrCl2N2O2. The number of nitrogens with zero attached hydrogens (tertiary/aromatic N) is 1. The maximum atomic E-state index is 12.3. The highest BCUT2D eigenvalue weighted by molar-refractivity contribution is 9.10. The van der Waals surface area contributed by atoms with Crippen molar-refractivity contribution < 1.29 is 9.21 Å². The molecule has 3 rings (SSSR count). The first-order chi connectivity index (χ1) is 13.0. The molecule has 1 aromatic heterocycles. The summed E-state index contributed by atoms with van der Waals surface area (Å²) >= 11 is 15.4. The standard InChI is InChI=1S/C20H11BrCl2N2O2/c21-13-2-1-3-15(9-13)25-20(26)12(11-24)8-16-5-7-19(27-16)17-6-4-14(22)10-18(17)23/h1-10H,(H,25,26)/b12-8+. The minimum atomic E-state index is -0.530. The molecule has 0 radical (unpaired) electrons. The van der Waals surface area contributed by atoms with Gasteiger partial charge in [0.1, 0.15) is 23.2 Å². The summed E-state index contributed by atoms with van der Waals surface area (Å²) < 4.78 is 6.52. The van der Waals surface area contributed by atoms with Gasteiger partial charge in [-0.3, -0.25) is 4.79 Å². The number of carbonyl (C=O) groups excluding carboxylic acids is 1. The summed E-state index contributed by atoms with van der Waals surface area (Å²) in [5, 5.41) is 13.0. The number of anilines is 1. The predicted octanol–water partition coefficient (Wildman–Crippen LogP) is 6.56. The summed E-state index contributed by atoms with van der Waals surface area (Å²) in [4.78, 5) is 12.3. The van der Waals surface area contributed by atoms with Crippen molar-refractivity contribution in [3.05, 3.63) is 80.4 Å². The van der Waals surface area contributed by atoms with E-state index in [0.29, 0.717) is 32.8 Å². The fraction of sp³-hybridized carbons (Fsp3) is 0. The van der Waals surface area contributed by atoms with Gasteiger partial charge in [0, 0.05) is 26.8 Å². The maximum absolute atomic E-state index is 12.3. The smallest absolute Gasteiger partial charge is 0.266 e. The number of hydrogen-bond donors (Lipinski definition) is 1. The number of furan rings is 1. The number of nitrogens with one attached hydrogen (secondary N) is 1. The van der Waals surface area contributed by atoms with Gasteiger partial charge in [-0.25, -0.2) is 0 Å². The highest BCUT2D eigenvalue weighted by Crippen LogP contribution is 2.32. The van der Waals surface area contributed by atoms with Crippen molar-refractivity contribution in [3.8, 4) is 17.4 Å². The molecule has 0 bridgehead atoms. The van der Waals surface area contributed by atoms with Crippen molar-refractivity contribution in [2.75, 3.05) is 5.32 Å². The Morgan fingerprint density at radius 2 is 1.96 bits per heavy atom. The maximum Gasteiger partial charge on any atom is 0.266 e. The van der Waals surface area contributed by atoms with E-state index >= 15 is 0 Å². The number of amides is 1. The summed E-state index contributed by atoms with van der Waals surface area (Å²) in [5.74, 6) is 0.336. The lowest BCUT2D eigenvalue weighted by Crippen LogP contribution is -2.13. The van der Waals surface area contributed by atoms with Gasteiger partial charge in [-0.15, -0.1) is 0 Å². The molecule has 0 saturated heterocycles. The minimum Gasteiger partial charge on any atom is -0.457 e. The lowest BCUT2D eigenvalue weighted by molar-refractivity contribution is -0.112. The molecule has 1 heterocycles. The SMILES string of the molecule is N#C/C(=C\c1ccc(-c2ccc(Cl)cc2Cl)o1)C(=O)Nc1cccc(Br)c1. The molecule has 0 aliphatic heterocycles. The zero-order valence-corrected chi connectivity index (χ0v) is 16.8. The Hall–Kier alpha value is -2.52. The third kappa shape index (κ3) is 4.81. The van der Waals surface area contributed by atoms with Crippen LogP contribution in [0.5, 0.6) is 0 Å². The van der Waals surface area contributed by atoms with Gasteiger partial charge in [0.05, 0.1) is 5.02 Å². The van der Waals surface area contributed by atoms with Gasteiger partial charge in [-0.2, -0.15) is 5.26 Å². The van der Waals surface area contributed by atoms with Crippen LogP contribution in [0.2, 0.25) is 10.0 Å². The Labute approximate surface area is 174 Å². The normalized spacial score (nSPS) is 11.1. The van der Waals surface area contributed by atoms with E-state index in [9.17, 15) is 10.1 Å². The molecule has 0 unspecified atom stereocenters. The topological polar surface area (TPSA) is 66.0 Å². The lowest BCUT2D eigenvalue weighted by atomic mass is 10.2. The van der Waals surface area contributed by atoms with Crippen molar-refractivity contribution >= 4 is 56.8 Å². The van der Waals surface area contributed by atoms with Crippen molar-refractivity contribution in [2.24, 2.45) is 0 Å². The Kier molecular flexibility index (Phi) is 6.02. The number of benzene rings is 2. The number of halogens is 3. The van der Waals surface area contributed by atoms with Gasteiger partial charge in [-0.05, 0) is 48.5 Å². The largest absolute Gasteiger partial charge is 0.457 e. The molecule has 0 fully saturated rings. The van der Waals surface area contributed by atoms with Gasteiger partial charge in [0.2, 0.25) is 0 Å². The number of nitriles is 1. The van der Waals surface area contributed by atoms with Crippen LogP contribution in [0.3, 0.4) is 0 Å². The molecule has 0 spiro atoms. The van der Waals surface area contributed by atoms with Gasteiger partial charge in [0.25, 0.3) is 5.91 Å². The molecule has 0 aliphatic rings. The van der Waals surface area contributed by atoms with E-state index < -0.39 is 5.91 Å². The molecule has 0 aliphatic carbocycles. The zero-order valence-electron chi connectivity index (χ0n) is 13.7. The zero-order chi connectivity index (χ0) is 19.4. The van der Waals surface area contributed by atoms with E-state index in [1.54, 1.807) is 48.5 Å². The van der Waals surface area contributed by atoms with Gasteiger partial charge in [0.15, 0.2) is 0 Å². The molecule has 7 heteroatoms. The molecule has 27 heavy (non-hydrogen) atoms. The number of hydrogen-bond acceptors (Lipinski definition) is 3. The van der Waals surface area contributed by atoms with E-state index in [0.717, 1.165) is 4.47 Å². The van der Waals surface area contributed by atoms with Gasteiger partial charge < -0.3 is 9.73 Å². The van der Waals surface area contributed by atoms with E-state index in [-0.39, 0.29) is 5.57 Å². The van der Waals surface area contributed by atoms with Crippen LogP contribution >= 0.6 is 39.1 Å². The average molecular weight is 462 g/mol. The van der Waals surface area contributed by atoms with Crippen molar-refractivity contribution in [1.82, 2.24) is 0 Å². The summed E-state index contributed by atoms with van der Waals surface area (Å²) in [5.41, 5.74) is 1.15. The fourth-order valence-electron chi connectivity index (χ4n) is 2.32. The summed E-state index contributed by atoms with van der Waals surface area (Å²) in [6.45, 7) is 0. The lowest BCUT2D eigenvalue weighted by Gasteiger charge is -2.04. The van der Waals surface area contributed by atoms with E-state index in [1.807, 2.05) is 12.1 Å². The van der Waals surface area contributed by atoms with Crippen LogP contribution in [0.1, 0.15) is 5.76 Å². The monoisotopic (exact) mass is 460 g/mol.